The molecule has 1 aliphatic heterocycles. The highest BCUT2D eigenvalue weighted by Crippen LogP contribution is 2.47. The Labute approximate surface area is 229 Å². The lowest BCUT2D eigenvalue weighted by Gasteiger charge is -2.24. The van der Waals surface area contributed by atoms with Gasteiger partial charge in [-0.25, -0.2) is 23.0 Å². The molecule has 3 aromatic carbocycles. The third-order valence-electron chi connectivity index (χ3n) is 5.85. The lowest BCUT2D eigenvalue weighted by atomic mass is 10.1. The fourth-order valence-electron chi connectivity index (χ4n) is 3.97. The normalized spacial score (nSPS) is 14.7. The minimum absolute atomic E-state index is 0.126. The molecule has 4 aromatic rings. The molecule has 2 heterocycles. The smallest absolute Gasteiger partial charge is 0.371 e. The number of carboxylic acids is 1. The average molecular weight is 569 g/mol. The third kappa shape index (κ3) is 5.25. The van der Waals surface area contributed by atoms with Gasteiger partial charge >= 0.3 is 5.97 Å². The summed E-state index contributed by atoms with van der Waals surface area (Å²) in [5, 5.41) is 13.9. The number of amides is 1. The van der Waals surface area contributed by atoms with E-state index in [1.807, 2.05) is 0 Å². The van der Waals surface area contributed by atoms with E-state index < -0.39 is 40.3 Å². The monoisotopic (exact) mass is 568 g/mol. The molecule has 1 N–H and O–H groups in total. The largest absolute Gasteiger partial charge is 0.492 e. The summed E-state index contributed by atoms with van der Waals surface area (Å²) in [4.78, 5) is 24.6. The van der Waals surface area contributed by atoms with Gasteiger partial charge in [0.15, 0.2) is 23.1 Å². The Hall–Kier alpha value is -4.71. The van der Waals surface area contributed by atoms with Crippen LogP contribution in [0.1, 0.15) is 43.2 Å². The molecule has 1 aliphatic rings. The van der Waals surface area contributed by atoms with Crippen molar-refractivity contribution in [1.29, 1.82) is 0 Å². The molecule has 1 aromatic heterocycles. The molecule has 0 spiro atoms. The molecule has 0 bridgehead atoms. The van der Waals surface area contributed by atoms with Crippen molar-refractivity contribution in [1.82, 2.24) is 5.01 Å². The van der Waals surface area contributed by atoms with Crippen LogP contribution in [0.3, 0.4) is 0 Å². The predicted octanol–water partition coefficient (Wildman–Crippen LogP) is 6.23. The van der Waals surface area contributed by atoms with Gasteiger partial charge in [0.05, 0.1) is 12.7 Å². The van der Waals surface area contributed by atoms with E-state index in [-0.39, 0.29) is 29.6 Å². The number of thioether (sulfide) groups is 1. The summed E-state index contributed by atoms with van der Waals surface area (Å²) in [6.45, 7) is -0.126. The Balaban J connectivity index is 1.51. The standard InChI is InChI=1S/C28H19F3N2O6S/c1-37-24-19(5-3-7-21(24)38-14-17-12-13-22(39-17)28(35)36)27-33(26(34)18-4-2-6-20(30)23(18)31)32-25(40-27)15-8-10-16(29)11-9-15/h2-13,27H,14H2,1H3,(H,35,36). The number of aromatic carboxylic acids is 1. The number of furan rings is 1. The molecule has 0 fully saturated rings. The van der Waals surface area contributed by atoms with Crippen molar-refractivity contribution in [2.24, 2.45) is 5.10 Å². The SMILES string of the molecule is COc1c(OCc2ccc(C(=O)O)o2)cccc1C1SC(c2ccc(F)cc2)=NN1C(=O)c1cccc(F)c1F. The highest BCUT2D eigenvalue weighted by molar-refractivity contribution is 8.14. The van der Waals surface area contributed by atoms with Crippen LogP contribution in [0.15, 0.2) is 82.3 Å². The summed E-state index contributed by atoms with van der Waals surface area (Å²) >= 11 is 1.12. The van der Waals surface area contributed by atoms with Crippen molar-refractivity contribution in [2.45, 2.75) is 12.0 Å². The first kappa shape index (κ1) is 26.9. The summed E-state index contributed by atoms with van der Waals surface area (Å²) in [5.41, 5.74) is 0.402. The van der Waals surface area contributed by atoms with Crippen molar-refractivity contribution in [3.8, 4) is 11.5 Å². The number of rotatable bonds is 8. The molecule has 0 radical (unpaired) electrons. The Bertz CT molecular complexity index is 1620. The molecule has 204 valence electrons. The second kappa shape index (κ2) is 11.2. The Morgan fingerprint density at radius 2 is 1.77 bits per heavy atom. The molecule has 40 heavy (non-hydrogen) atoms. The number of benzene rings is 3. The van der Waals surface area contributed by atoms with Crippen molar-refractivity contribution in [2.75, 3.05) is 7.11 Å². The maximum Gasteiger partial charge on any atom is 0.371 e. The van der Waals surface area contributed by atoms with Crippen LogP contribution in [-0.4, -0.2) is 34.1 Å². The lowest BCUT2D eigenvalue weighted by Crippen LogP contribution is -2.27. The number of carbonyl (C=O) groups is 2. The zero-order valence-electron chi connectivity index (χ0n) is 20.6. The number of ether oxygens (including phenoxy) is 2. The molecule has 12 heteroatoms. The molecule has 1 amide bonds. The first-order chi connectivity index (χ1) is 19.3. The van der Waals surface area contributed by atoms with E-state index in [0.717, 1.165) is 28.9 Å². The number of hydrazone groups is 1. The van der Waals surface area contributed by atoms with Crippen molar-refractivity contribution < 1.29 is 41.8 Å². The van der Waals surface area contributed by atoms with Gasteiger partial charge in [0.2, 0.25) is 5.76 Å². The summed E-state index contributed by atoms with van der Waals surface area (Å²) < 4.78 is 58.8. The number of carboxylic acid groups (broad SMARTS) is 1. The summed E-state index contributed by atoms with van der Waals surface area (Å²) in [5.74, 6) is -4.62. The van der Waals surface area contributed by atoms with E-state index in [0.29, 0.717) is 16.2 Å². The van der Waals surface area contributed by atoms with Crippen LogP contribution in [-0.2, 0) is 6.61 Å². The fraction of sp³-hybridized carbons (Fsp3) is 0.107. The van der Waals surface area contributed by atoms with E-state index in [1.54, 1.807) is 18.2 Å². The van der Waals surface area contributed by atoms with E-state index in [2.05, 4.69) is 5.10 Å². The van der Waals surface area contributed by atoms with E-state index in [1.165, 1.54) is 49.6 Å². The minimum Gasteiger partial charge on any atom is -0.492 e. The zero-order chi connectivity index (χ0) is 28.4. The van der Waals surface area contributed by atoms with Gasteiger partial charge < -0.3 is 19.0 Å². The molecule has 8 nitrogen and oxygen atoms in total. The summed E-state index contributed by atoms with van der Waals surface area (Å²) in [6, 6.07) is 16.4. The number of para-hydroxylation sites is 1. The van der Waals surface area contributed by atoms with Crippen molar-refractivity contribution in [3.05, 3.63) is 118 Å². The third-order valence-corrected chi connectivity index (χ3v) is 7.06. The van der Waals surface area contributed by atoms with Gasteiger partial charge in [0.1, 0.15) is 28.6 Å². The zero-order valence-corrected chi connectivity index (χ0v) is 21.5. The number of methoxy groups -OCH3 is 1. The topological polar surface area (TPSA) is 102 Å². The van der Waals surface area contributed by atoms with Gasteiger partial charge in [-0.3, -0.25) is 4.79 Å². The van der Waals surface area contributed by atoms with Crippen LogP contribution in [0.25, 0.3) is 0 Å². The molecule has 5 rings (SSSR count). The quantitative estimate of drug-likeness (QED) is 0.269. The van der Waals surface area contributed by atoms with Gasteiger partial charge in [-0.2, -0.15) is 5.10 Å². The highest BCUT2D eigenvalue weighted by Gasteiger charge is 2.38. The highest BCUT2D eigenvalue weighted by atomic mass is 32.2. The second-order valence-electron chi connectivity index (χ2n) is 8.37. The van der Waals surface area contributed by atoms with E-state index in [4.69, 9.17) is 19.0 Å². The average Bonchev–Trinajstić information content (AvgIpc) is 3.61. The van der Waals surface area contributed by atoms with Crippen LogP contribution >= 0.6 is 11.8 Å². The Morgan fingerprint density at radius 1 is 1.02 bits per heavy atom. The first-order valence-corrected chi connectivity index (χ1v) is 12.5. The maximum absolute atomic E-state index is 14.6. The van der Waals surface area contributed by atoms with Crippen molar-refractivity contribution in [3.63, 3.8) is 0 Å². The maximum atomic E-state index is 14.6. The number of carbonyl (C=O) groups excluding carboxylic acids is 1. The van der Waals surface area contributed by atoms with Crippen LogP contribution in [0, 0.1) is 17.5 Å². The fourth-order valence-corrected chi connectivity index (χ4v) is 5.14. The number of hydrogen-bond donors (Lipinski definition) is 1. The molecular weight excluding hydrogens is 549 g/mol. The molecule has 0 saturated carbocycles. The molecule has 0 aliphatic carbocycles. The van der Waals surface area contributed by atoms with Gasteiger partial charge in [-0.05, 0) is 54.6 Å². The number of halogens is 3. The molecule has 1 unspecified atom stereocenters. The van der Waals surface area contributed by atoms with Crippen LogP contribution in [0.4, 0.5) is 13.2 Å². The van der Waals surface area contributed by atoms with Crippen LogP contribution in [0.2, 0.25) is 0 Å². The van der Waals surface area contributed by atoms with Crippen LogP contribution in [0.5, 0.6) is 11.5 Å². The van der Waals surface area contributed by atoms with Gasteiger partial charge in [0.25, 0.3) is 5.91 Å². The molecular formula is C28H19F3N2O6S. The minimum atomic E-state index is -1.31. The van der Waals surface area contributed by atoms with E-state index in [9.17, 15) is 22.8 Å². The van der Waals surface area contributed by atoms with Gasteiger partial charge in [0, 0.05) is 11.1 Å². The Morgan fingerprint density at radius 3 is 2.48 bits per heavy atom. The summed E-state index contributed by atoms with van der Waals surface area (Å²) in [7, 11) is 1.39. The number of hydrogen-bond acceptors (Lipinski definition) is 7. The lowest BCUT2D eigenvalue weighted by molar-refractivity contribution is 0.0657. The van der Waals surface area contributed by atoms with Crippen molar-refractivity contribution >= 4 is 28.7 Å². The van der Waals surface area contributed by atoms with Crippen LogP contribution < -0.4 is 9.47 Å². The molecule has 0 saturated heterocycles. The van der Waals surface area contributed by atoms with E-state index >= 15 is 0 Å². The van der Waals surface area contributed by atoms with Gasteiger partial charge in [-0.15, -0.1) is 0 Å². The summed E-state index contributed by atoms with van der Waals surface area (Å²) in [6.07, 6.45) is 0. The predicted molar refractivity (Wildman–Crippen MR) is 139 cm³/mol. The van der Waals surface area contributed by atoms with Gasteiger partial charge in [-0.1, -0.05) is 30.0 Å². The second-order valence-corrected chi connectivity index (χ2v) is 9.44. The molecule has 1 atom stereocenters. The number of nitrogens with zero attached hydrogens (tertiary/aromatic N) is 2. The first-order valence-electron chi connectivity index (χ1n) is 11.7. The Kier molecular flexibility index (Phi) is 7.52.